The van der Waals surface area contributed by atoms with E-state index in [1.807, 2.05) is 0 Å². The molecule has 0 bridgehead atoms. The Balaban J connectivity index is 2.70. The van der Waals surface area contributed by atoms with Crippen LogP contribution in [-0.2, 0) is 0 Å². The minimum absolute atomic E-state index is 0.0544. The molecule has 2 rings (SSSR count). The van der Waals surface area contributed by atoms with Crippen LogP contribution in [0, 0.1) is 5.41 Å². The highest BCUT2D eigenvalue weighted by Gasteiger charge is 2.06. The van der Waals surface area contributed by atoms with Crippen LogP contribution in [0.25, 0.3) is 11.0 Å². The van der Waals surface area contributed by atoms with Crippen LogP contribution >= 0.6 is 23.2 Å². The summed E-state index contributed by atoms with van der Waals surface area (Å²) >= 11 is 11.9. The summed E-state index contributed by atoms with van der Waals surface area (Å²) in [7, 11) is 0. The molecule has 2 aromatic rings. The van der Waals surface area contributed by atoms with Gasteiger partial charge in [-0.1, -0.05) is 36.5 Å². The molecular weight excluding hydrogens is 271 g/mol. The van der Waals surface area contributed by atoms with E-state index >= 15 is 0 Å². The first-order valence-corrected chi connectivity index (χ1v) is 6.34. The second kappa shape index (κ2) is 5.50. The number of rotatable bonds is 3. The fourth-order valence-electron chi connectivity index (χ4n) is 1.52. The predicted molar refractivity (Wildman–Crippen MR) is 74.4 cm³/mol. The number of benzene rings is 1. The number of halogens is 2. The molecule has 1 aromatic heterocycles. The van der Waals surface area contributed by atoms with Crippen molar-refractivity contribution in [2.24, 2.45) is 5.10 Å². The van der Waals surface area contributed by atoms with Crippen molar-refractivity contribution < 1.29 is 0 Å². The van der Waals surface area contributed by atoms with E-state index in [4.69, 9.17) is 28.6 Å². The molecule has 0 aliphatic rings. The maximum Gasteiger partial charge on any atom is 0.184 e. The Morgan fingerprint density at radius 1 is 1.44 bits per heavy atom. The summed E-state index contributed by atoms with van der Waals surface area (Å²) in [5, 5.41) is 12.8. The van der Waals surface area contributed by atoms with Crippen LogP contribution in [0.2, 0.25) is 10.2 Å². The number of hydrogen-bond donors (Lipinski definition) is 1. The van der Waals surface area contributed by atoms with Crippen LogP contribution in [0.4, 0.5) is 0 Å². The first kappa shape index (κ1) is 13.1. The number of fused-ring (bicyclic) bond motifs is 1. The van der Waals surface area contributed by atoms with Gasteiger partial charge in [0.1, 0.15) is 0 Å². The minimum Gasteiger partial charge on any atom is -0.280 e. The van der Waals surface area contributed by atoms with Crippen molar-refractivity contribution in [1.82, 2.24) is 9.66 Å². The van der Waals surface area contributed by atoms with E-state index in [-0.39, 0.29) is 10.6 Å². The molecule has 6 heteroatoms. The van der Waals surface area contributed by atoms with Gasteiger partial charge >= 0.3 is 0 Å². The van der Waals surface area contributed by atoms with Crippen molar-refractivity contribution in [3.8, 4) is 0 Å². The molecule has 4 nitrogen and oxygen atoms in total. The van der Waals surface area contributed by atoms with Crippen LogP contribution in [0.1, 0.15) is 19.8 Å². The van der Waals surface area contributed by atoms with Crippen LogP contribution in [0.5, 0.6) is 0 Å². The van der Waals surface area contributed by atoms with E-state index in [9.17, 15) is 0 Å². The van der Waals surface area contributed by atoms with Crippen LogP contribution in [-0.4, -0.2) is 15.9 Å². The van der Waals surface area contributed by atoms with Gasteiger partial charge in [-0.2, -0.15) is 5.10 Å². The summed E-state index contributed by atoms with van der Waals surface area (Å²) in [6, 6.07) is 5.22. The van der Waals surface area contributed by atoms with Gasteiger partial charge in [-0.05, 0) is 24.6 Å². The van der Waals surface area contributed by atoms with Crippen LogP contribution in [0.15, 0.2) is 23.3 Å². The number of hydrogen-bond acceptors (Lipinski definition) is 3. The molecule has 0 spiro atoms. The monoisotopic (exact) mass is 282 g/mol. The largest absolute Gasteiger partial charge is 0.280 e. The molecule has 1 N–H and O–H groups in total. The molecule has 18 heavy (non-hydrogen) atoms. The van der Waals surface area contributed by atoms with Crippen molar-refractivity contribution in [1.29, 1.82) is 5.41 Å². The molecular formula is C12H12Cl2N4. The Bertz CT molecular complexity index is 661. The molecule has 0 aliphatic carbocycles. The zero-order chi connectivity index (χ0) is 13.1. The normalized spacial score (nSPS) is 11.5. The van der Waals surface area contributed by atoms with Gasteiger partial charge in [-0.3, -0.25) is 5.41 Å². The Hall–Kier alpha value is -1.39. The maximum absolute atomic E-state index is 7.90. The second-order valence-corrected chi connectivity index (χ2v) is 4.58. The second-order valence-electron chi connectivity index (χ2n) is 3.78. The predicted octanol–water partition coefficient (Wildman–Crippen LogP) is 3.46. The van der Waals surface area contributed by atoms with E-state index in [1.165, 1.54) is 4.68 Å². The van der Waals surface area contributed by atoms with Crippen molar-refractivity contribution in [2.45, 2.75) is 19.8 Å². The van der Waals surface area contributed by atoms with Crippen molar-refractivity contribution in [3.05, 3.63) is 33.9 Å². The molecule has 1 aromatic carbocycles. The molecule has 0 radical (unpaired) electrons. The quantitative estimate of drug-likeness (QED) is 0.862. The third kappa shape index (κ3) is 2.54. The highest BCUT2D eigenvalue weighted by molar-refractivity contribution is 6.31. The third-order valence-electron chi connectivity index (χ3n) is 2.41. The Labute approximate surface area is 114 Å². The highest BCUT2D eigenvalue weighted by atomic mass is 35.5. The summed E-state index contributed by atoms with van der Waals surface area (Å²) in [6.07, 6.45) is 3.60. The zero-order valence-electron chi connectivity index (χ0n) is 9.82. The Kier molecular flexibility index (Phi) is 3.99. The van der Waals surface area contributed by atoms with Gasteiger partial charge in [-0.25, -0.2) is 9.66 Å². The molecule has 1 heterocycles. The molecule has 0 saturated heterocycles. The van der Waals surface area contributed by atoms with E-state index < -0.39 is 0 Å². The lowest BCUT2D eigenvalue weighted by Crippen LogP contribution is -2.19. The lowest BCUT2D eigenvalue weighted by Gasteiger charge is -2.06. The molecule has 0 aliphatic heterocycles. The Morgan fingerprint density at radius 3 is 2.94 bits per heavy atom. The van der Waals surface area contributed by atoms with E-state index in [0.29, 0.717) is 16.1 Å². The van der Waals surface area contributed by atoms with Gasteiger partial charge < -0.3 is 0 Å². The zero-order valence-corrected chi connectivity index (χ0v) is 11.3. The first-order valence-electron chi connectivity index (χ1n) is 5.58. The maximum atomic E-state index is 7.90. The number of nitrogens with zero attached hydrogens (tertiary/aromatic N) is 3. The molecule has 0 atom stereocenters. The van der Waals surface area contributed by atoms with Gasteiger partial charge in [-0.15, -0.1) is 0 Å². The van der Waals surface area contributed by atoms with Gasteiger partial charge in [0.25, 0.3) is 0 Å². The fourth-order valence-corrected chi connectivity index (χ4v) is 1.85. The number of nitrogens with one attached hydrogen (secondary N) is 1. The number of unbranched alkanes of at least 4 members (excludes halogenated alkanes) is 1. The van der Waals surface area contributed by atoms with Gasteiger partial charge in [0.2, 0.25) is 0 Å². The van der Waals surface area contributed by atoms with Gasteiger partial charge in [0.05, 0.1) is 11.0 Å². The van der Waals surface area contributed by atoms with Crippen LogP contribution < -0.4 is 5.49 Å². The van der Waals surface area contributed by atoms with Gasteiger partial charge in [0.15, 0.2) is 10.6 Å². The summed E-state index contributed by atoms with van der Waals surface area (Å²) in [5.41, 5.74) is 1.39. The average molecular weight is 283 g/mol. The lowest BCUT2D eigenvalue weighted by molar-refractivity contribution is 0.812. The standard InChI is InChI=1S/C12H12Cl2N4/c1-2-3-6-16-18-10-7-8(13)4-5-9(10)17-11(14)12(18)15/h4-7,15H,2-3H2,1H3. The molecule has 0 unspecified atom stereocenters. The highest BCUT2D eigenvalue weighted by Crippen LogP contribution is 2.17. The molecule has 0 fully saturated rings. The smallest absolute Gasteiger partial charge is 0.184 e. The van der Waals surface area contributed by atoms with E-state index in [0.717, 1.165) is 12.8 Å². The van der Waals surface area contributed by atoms with E-state index in [2.05, 4.69) is 17.0 Å². The summed E-state index contributed by atoms with van der Waals surface area (Å²) in [6.45, 7) is 2.06. The van der Waals surface area contributed by atoms with Gasteiger partial charge in [0, 0.05) is 11.2 Å². The SMILES string of the molecule is CCCC=Nn1c(=N)c(Cl)nc2ccc(Cl)cc21. The summed E-state index contributed by atoms with van der Waals surface area (Å²) in [4.78, 5) is 4.13. The third-order valence-corrected chi connectivity index (χ3v) is 2.90. The molecule has 0 amide bonds. The summed E-state index contributed by atoms with van der Waals surface area (Å²) < 4.78 is 1.45. The van der Waals surface area contributed by atoms with Crippen molar-refractivity contribution in [2.75, 3.05) is 0 Å². The fraction of sp³-hybridized carbons (Fsp3) is 0.250. The first-order chi connectivity index (χ1) is 8.63. The minimum atomic E-state index is 0.0544. The molecule has 94 valence electrons. The molecule has 0 saturated carbocycles. The van der Waals surface area contributed by atoms with E-state index in [1.54, 1.807) is 24.4 Å². The number of aromatic nitrogens is 2. The topological polar surface area (TPSA) is 54.0 Å². The van der Waals surface area contributed by atoms with Crippen molar-refractivity contribution in [3.63, 3.8) is 0 Å². The average Bonchev–Trinajstić information content (AvgIpc) is 2.35. The summed E-state index contributed by atoms with van der Waals surface area (Å²) in [5.74, 6) is 0. The Morgan fingerprint density at radius 2 is 2.22 bits per heavy atom. The lowest BCUT2D eigenvalue weighted by atomic mass is 10.3. The van der Waals surface area contributed by atoms with Crippen LogP contribution in [0.3, 0.4) is 0 Å². The van der Waals surface area contributed by atoms with Crippen molar-refractivity contribution >= 4 is 40.4 Å².